The molecule has 0 aliphatic heterocycles. The molecule has 0 aromatic carbocycles. The fraction of sp³-hybridized carbons (Fsp3) is 0.750. The zero-order chi connectivity index (χ0) is 15.3. The molecule has 0 aliphatic carbocycles. The molecule has 3 N–H and O–H groups in total. The van der Waals surface area contributed by atoms with Gasteiger partial charge in [0.1, 0.15) is 0 Å². The second-order valence-corrected chi connectivity index (χ2v) is 7.05. The van der Waals surface area contributed by atoms with Gasteiger partial charge in [0.05, 0.1) is 0 Å². The van der Waals surface area contributed by atoms with Crippen LogP contribution in [0.2, 0.25) is 0 Å². The Morgan fingerprint density at radius 1 is 1.35 bits per heavy atom. The van der Waals surface area contributed by atoms with Crippen LogP contribution in [0.15, 0.2) is 5.03 Å². The first-order chi connectivity index (χ1) is 9.24. The van der Waals surface area contributed by atoms with Crippen LogP contribution in [-0.2, 0) is 16.6 Å². The minimum Gasteiger partial charge on any atom is -0.310 e. The van der Waals surface area contributed by atoms with E-state index in [1.165, 1.54) is 0 Å². The Kier molecular flexibility index (Phi) is 6.12. The van der Waals surface area contributed by atoms with Gasteiger partial charge in [-0.2, -0.15) is 5.10 Å². The summed E-state index contributed by atoms with van der Waals surface area (Å²) in [6.45, 7) is 7.32. The number of hydrogen-bond donors (Lipinski definition) is 3. The number of rotatable bonds is 8. The van der Waals surface area contributed by atoms with E-state index in [2.05, 4.69) is 20.2 Å². The molecule has 1 rings (SSSR count). The summed E-state index contributed by atoms with van der Waals surface area (Å²) in [7, 11) is 0.215. The molecule has 0 aliphatic rings. The Morgan fingerprint density at radius 2 is 2.00 bits per heavy atom. The summed E-state index contributed by atoms with van der Waals surface area (Å²) in [5.41, 5.74) is 1.46. The van der Waals surface area contributed by atoms with Gasteiger partial charge >= 0.3 is 0 Å². The third-order valence-corrected chi connectivity index (χ3v) is 4.26. The summed E-state index contributed by atoms with van der Waals surface area (Å²) in [5.74, 6) is 0. The molecule has 7 nitrogen and oxygen atoms in total. The van der Waals surface area contributed by atoms with Crippen molar-refractivity contribution in [2.75, 3.05) is 27.2 Å². The highest BCUT2D eigenvalue weighted by Gasteiger charge is 2.23. The van der Waals surface area contributed by atoms with E-state index >= 15 is 0 Å². The standard InChI is InChI=1S/C12H25N5O2S/c1-9(2)13-8-11-10(3)15-16-12(11)20(18,19)14-6-7-17(4)5/h9,13-14H,6-8H2,1-5H3,(H,15,16). The zero-order valence-electron chi connectivity index (χ0n) is 12.8. The highest BCUT2D eigenvalue weighted by Crippen LogP contribution is 2.15. The Labute approximate surface area is 121 Å². The largest absolute Gasteiger partial charge is 0.310 e. The summed E-state index contributed by atoms with van der Waals surface area (Å²) in [6.07, 6.45) is 0. The van der Waals surface area contributed by atoms with Crippen molar-refractivity contribution in [3.8, 4) is 0 Å². The fourth-order valence-electron chi connectivity index (χ4n) is 1.64. The number of aryl methyl sites for hydroxylation is 1. The third-order valence-electron chi connectivity index (χ3n) is 2.83. The van der Waals surface area contributed by atoms with Crippen LogP contribution in [0.4, 0.5) is 0 Å². The Balaban J connectivity index is 2.84. The normalized spacial score (nSPS) is 12.6. The van der Waals surface area contributed by atoms with Gasteiger partial charge in [0.15, 0.2) is 5.03 Å². The van der Waals surface area contributed by atoms with Crippen molar-refractivity contribution in [3.63, 3.8) is 0 Å². The second kappa shape index (κ2) is 7.16. The summed E-state index contributed by atoms with van der Waals surface area (Å²) < 4.78 is 27.1. The molecular formula is C12H25N5O2S. The lowest BCUT2D eigenvalue weighted by Crippen LogP contribution is -2.32. The first-order valence-electron chi connectivity index (χ1n) is 6.65. The lowest BCUT2D eigenvalue weighted by atomic mass is 10.2. The minimum atomic E-state index is -3.57. The van der Waals surface area contributed by atoms with Crippen LogP contribution in [0.1, 0.15) is 25.1 Å². The van der Waals surface area contributed by atoms with E-state index in [0.29, 0.717) is 25.2 Å². The number of H-pyrrole nitrogens is 1. The number of likely N-dealkylation sites (N-methyl/N-ethyl adjacent to an activating group) is 1. The molecule has 0 unspecified atom stereocenters. The van der Waals surface area contributed by atoms with Gasteiger partial charge in [-0.05, 0) is 21.0 Å². The molecule has 0 radical (unpaired) electrons. The zero-order valence-corrected chi connectivity index (χ0v) is 13.6. The number of aromatic nitrogens is 2. The van der Waals surface area contributed by atoms with Crippen LogP contribution in [0.5, 0.6) is 0 Å². The molecule has 116 valence electrons. The van der Waals surface area contributed by atoms with Crippen LogP contribution in [-0.4, -0.2) is 56.7 Å². The van der Waals surface area contributed by atoms with Crippen molar-refractivity contribution in [2.45, 2.75) is 38.4 Å². The van der Waals surface area contributed by atoms with Gasteiger partial charge in [0.25, 0.3) is 10.0 Å². The maximum absolute atomic E-state index is 12.3. The van der Waals surface area contributed by atoms with Gasteiger partial charge in [0, 0.05) is 36.9 Å². The quantitative estimate of drug-likeness (QED) is 0.632. The van der Waals surface area contributed by atoms with Gasteiger partial charge in [-0.3, -0.25) is 5.10 Å². The Hall–Kier alpha value is -0.960. The molecule has 0 atom stereocenters. The molecule has 0 amide bonds. The maximum Gasteiger partial charge on any atom is 0.260 e. The number of nitrogens with one attached hydrogen (secondary N) is 3. The number of sulfonamides is 1. The van der Waals surface area contributed by atoms with Crippen LogP contribution in [0, 0.1) is 6.92 Å². The SMILES string of the molecule is Cc1[nH]nc(S(=O)(=O)NCCN(C)C)c1CNC(C)C. The molecule has 0 spiro atoms. The maximum atomic E-state index is 12.3. The van der Waals surface area contributed by atoms with Gasteiger partial charge < -0.3 is 10.2 Å². The van der Waals surface area contributed by atoms with E-state index in [1.54, 1.807) is 0 Å². The van der Waals surface area contributed by atoms with E-state index < -0.39 is 10.0 Å². The van der Waals surface area contributed by atoms with Crippen molar-refractivity contribution in [3.05, 3.63) is 11.3 Å². The first kappa shape index (κ1) is 17.1. The topological polar surface area (TPSA) is 90.1 Å². The molecule has 1 heterocycles. The van der Waals surface area contributed by atoms with Gasteiger partial charge in [-0.1, -0.05) is 13.8 Å². The fourth-order valence-corrected chi connectivity index (χ4v) is 2.85. The van der Waals surface area contributed by atoms with Gasteiger partial charge in [0.2, 0.25) is 0 Å². The van der Waals surface area contributed by atoms with E-state index in [-0.39, 0.29) is 11.1 Å². The summed E-state index contributed by atoms with van der Waals surface area (Å²) >= 11 is 0. The van der Waals surface area contributed by atoms with Crippen molar-refractivity contribution < 1.29 is 8.42 Å². The lowest BCUT2D eigenvalue weighted by Gasteiger charge is -2.12. The molecule has 1 aromatic heterocycles. The van der Waals surface area contributed by atoms with E-state index in [9.17, 15) is 8.42 Å². The number of aromatic amines is 1. The van der Waals surface area contributed by atoms with Crippen LogP contribution in [0.25, 0.3) is 0 Å². The minimum absolute atomic E-state index is 0.0851. The van der Waals surface area contributed by atoms with Crippen molar-refractivity contribution in [1.82, 2.24) is 25.1 Å². The highest BCUT2D eigenvalue weighted by molar-refractivity contribution is 7.89. The molecule has 0 fully saturated rings. The molecular weight excluding hydrogens is 278 g/mol. The second-order valence-electron chi connectivity index (χ2n) is 5.37. The van der Waals surface area contributed by atoms with Crippen LogP contribution >= 0.6 is 0 Å². The van der Waals surface area contributed by atoms with E-state index in [1.807, 2.05) is 39.8 Å². The summed E-state index contributed by atoms with van der Waals surface area (Å²) in [6, 6.07) is 0.279. The highest BCUT2D eigenvalue weighted by atomic mass is 32.2. The number of nitrogens with zero attached hydrogens (tertiary/aromatic N) is 2. The van der Waals surface area contributed by atoms with Crippen molar-refractivity contribution in [1.29, 1.82) is 0 Å². The molecule has 0 bridgehead atoms. The molecule has 20 heavy (non-hydrogen) atoms. The lowest BCUT2D eigenvalue weighted by molar-refractivity contribution is 0.412. The predicted octanol–water partition coefficient (Wildman–Crippen LogP) is 0.0560. The van der Waals surface area contributed by atoms with Gasteiger partial charge in [-0.25, -0.2) is 13.1 Å². The molecule has 0 saturated heterocycles. The van der Waals surface area contributed by atoms with Gasteiger partial charge in [-0.15, -0.1) is 0 Å². The molecule has 0 saturated carbocycles. The molecule has 8 heteroatoms. The monoisotopic (exact) mass is 303 g/mol. The Morgan fingerprint density at radius 3 is 2.55 bits per heavy atom. The average molecular weight is 303 g/mol. The summed E-state index contributed by atoms with van der Waals surface area (Å²) in [5, 5.41) is 9.98. The van der Waals surface area contributed by atoms with Crippen LogP contribution < -0.4 is 10.0 Å². The smallest absolute Gasteiger partial charge is 0.260 e. The van der Waals surface area contributed by atoms with E-state index in [4.69, 9.17) is 0 Å². The summed E-state index contributed by atoms with van der Waals surface area (Å²) in [4.78, 5) is 1.92. The van der Waals surface area contributed by atoms with Crippen molar-refractivity contribution in [2.24, 2.45) is 0 Å². The van der Waals surface area contributed by atoms with E-state index in [0.717, 1.165) is 5.69 Å². The average Bonchev–Trinajstić information content (AvgIpc) is 2.67. The first-order valence-corrected chi connectivity index (χ1v) is 8.14. The third kappa shape index (κ3) is 4.86. The van der Waals surface area contributed by atoms with Crippen LogP contribution in [0.3, 0.4) is 0 Å². The van der Waals surface area contributed by atoms with Crippen molar-refractivity contribution >= 4 is 10.0 Å². The Bertz CT molecular complexity index is 522. The number of hydrogen-bond acceptors (Lipinski definition) is 5. The molecule has 1 aromatic rings. The predicted molar refractivity (Wildman–Crippen MR) is 79.0 cm³/mol.